The van der Waals surface area contributed by atoms with Crippen molar-refractivity contribution < 1.29 is 6.85 Å². The van der Waals surface area contributed by atoms with Crippen molar-refractivity contribution in [2.75, 3.05) is 0 Å². The second-order valence-electron chi connectivity index (χ2n) is 11.8. The molecule has 202 valence electrons. The Kier molecular flexibility index (Phi) is 4.37. The third-order valence-corrected chi connectivity index (χ3v) is 8.29. The monoisotopic (exact) mass is 545 g/mol. The Morgan fingerprint density at radius 1 is 0.524 bits per heavy atom. The van der Waals surface area contributed by atoms with Crippen LogP contribution < -0.4 is 0 Å². The van der Waals surface area contributed by atoms with E-state index in [9.17, 15) is 0 Å². The van der Waals surface area contributed by atoms with Crippen molar-refractivity contribution in [1.29, 1.82) is 0 Å². The Morgan fingerprint density at radius 3 is 1.79 bits per heavy atom. The maximum Gasteiger partial charge on any atom is 0.0629 e. The molecule has 2 nitrogen and oxygen atoms in total. The van der Waals surface area contributed by atoms with E-state index in [2.05, 4.69) is 109 Å². The summed E-state index contributed by atoms with van der Waals surface area (Å²) in [4.78, 5) is 0. The zero-order valence-electron chi connectivity index (χ0n) is 28.8. The molecule has 0 aliphatic rings. The number of hydrogen-bond donors (Lipinski definition) is 0. The van der Waals surface area contributed by atoms with Gasteiger partial charge in [0.2, 0.25) is 0 Å². The van der Waals surface area contributed by atoms with E-state index in [1.165, 1.54) is 10.8 Å². The molecule has 0 amide bonds. The molecule has 0 aliphatic heterocycles. The maximum absolute atomic E-state index is 8.96. The first-order valence-electron chi connectivity index (χ1n) is 16.8. The van der Waals surface area contributed by atoms with Crippen LogP contribution in [0.5, 0.6) is 0 Å². The van der Waals surface area contributed by atoms with Crippen molar-refractivity contribution >= 4 is 43.6 Å². The fourth-order valence-corrected chi connectivity index (χ4v) is 6.71. The summed E-state index contributed by atoms with van der Waals surface area (Å²) in [7, 11) is 0. The lowest BCUT2D eigenvalue weighted by atomic mass is 9.82. The van der Waals surface area contributed by atoms with E-state index in [0.717, 1.165) is 49.8 Å². The van der Waals surface area contributed by atoms with Crippen molar-refractivity contribution in [2.24, 2.45) is 0 Å². The fraction of sp³-hybridized carbons (Fsp3) is 0.100. The molecule has 0 unspecified atom stereocenters. The van der Waals surface area contributed by atoms with Gasteiger partial charge in [0.15, 0.2) is 0 Å². The predicted molar refractivity (Wildman–Crippen MR) is 179 cm³/mol. The first-order chi connectivity index (χ1) is 22.6. The SMILES string of the molecule is [2H]c1c([2H])c([2H])c(-c2cccc3c2c2c(C(C)(C)C)c(-n4c5ccccc5c5ccccc54)ccc2n3-c2ccccc2)c([2H])c1[2H]. The van der Waals surface area contributed by atoms with Crippen LogP contribution in [0.2, 0.25) is 0 Å². The number of para-hydroxylation sites is 3. The summed E-state index contributed by atoms with van der Waals surface area (Å²) in [6.07, 6.45) is 0. The van der Waals surface area contributed by atoms with E-state index in [0.29, 0.717) is 5.56 Å². The lowest BCUT2D eigenvalue weighted by Crippen LogP contribution is -2.16. The van der Waals surface area contributed by atoms with E-state index >= 15 is 0 Å². The summed E-state index contributed by atoms with van der Waals surface area (Å²) in [6.45, 7) is 6.66. The summed E-state index contributed by atoms with van der Waals surface area (Å²) in [5, 5.41) is 4.21. The van der Waals surface area contributed by atoms with Crippen LogP contribution in [0.15, 0.2) is 139 Å². The van der Waals surface area contributed by atoms with E-state index in [4.69, 9.17) is 6.85 Å². The van der Waals surface area contributed by atoms with Crippen LogP contribution in [0.3, 0.4) is 0 Å². The van der Waals surface area contributed by atoms with Gasteiger partial charge in [0.05, 0.1) is 34.6 Å². The molecule has 0 saturated heterocycles. The minimum absolute atomic E-state index is 0.204. The van der Waals surface area contributed by atoms with Gasteiger partial charge in [-0.15, -0.1) is 0 Å². The fourth-order valence-electron chi connectivity index (χ4n) is 6.71. The van der Waals surface area contributed by atoms with Crippen LogP contribution in [-0.4, -0.2) is 9.13 Å². The second-order valence-corrected chi connectivity index (χ2v) is 11.8. The first kappa shape index (κ1) is 19.9. The molecule has 0 bridgehead atoms. The second kappa shape index (κ2) is 9.22. The molecular formula is C40H32N2. The van der Waals surface area contributed by atoms with Gasteiger partial charge in [-0.25, -0.2) is 0 Å². The Morgan fingerprint density at radius 2 is 1.12 bits per heavy atom. The van der Waals surface area contributed by atoms with Crippen LogP contribution in [-0.2, 0) is 5.41 Å². The topological polar surface area (TPSA) is 9.86 Å². The van der Waals surface area contributed by atoms with Crippen molar-refractivity contribution in [3.63, 3.8) is 0 Å². The highest BCUT2D eigenvalue weighted by molar-refractivity contribution is 6.18. The van der Waals surface area contributed by atoms with Crippen LogP contribution >= 0.6 is 0 Å². The van der Waals surface area contributed by atoms with Gasteiger partial charge in [0, 0.05) is 27.2 Å². The minimum Gasteiger partial charge on any atom is -0.309 e. The molecule has 42 heavy (non-hydrogen) atoms. The molecule has 0 N–H and O–H groups in total. The molecule has 0 radical (unpaired) electrons. The zero-order chi connectivity index (χ0) is 32.8. The Balaban J connectivity index is 1.63. The molecule has 6 aromatic carbocycles. The lowest BCUT2D eigenvalue weighted by Gasteiger charge is -2.26. The smallest absolute Gasteiger partial charge is 0.0629 e. The van der Waals surface area contributed by atoms with E-state index in [1.807, 2.05) is 30.3 Å². The van der Waals surface area contributed by atoms with Crippen LogP contribution in [0.25, 0.3) is 66.1 Å². The van der Waals surface area contributed by atoms with Crippen LogP contribution in [0.4, 0.5) is 0 Å². The zero-order valence-corrected chi connectivity index (χ0v) is 23.8. The van der Waals surface area contributed by atoms with E-state index in [1.54, 1.807) is 0 Å². The Labute approximate surface area is 253 Å². The number of hydrogen-bond acceptors (Lipinski definition) is 0. The van der Waals surface area contributed by atoms with Gasteiger partial charge in [0.1, 0.15) is 0 Å². The normalized spacial score (nSPS) is 13.8. The van der Waals surface area contributed by atoms with Gasteiger partial charge in [0.25, 0.3) is 0 Å². The molecule has 0 fully saturated rings. The number of aromatic nitrogens is 2. The molecule has 0 spiro atoms. The maximum atomic E-state index is 8.96. The number of benzene rings is 6. The highest BCUT2D eigenvalue weighted by atomic mass is 15.0. The van der Waals surface area contributed by atoms with Crippen molar-refractivity contribution in [1.82, 2.24) is 9.13 Å². The van der Waals surface area contributed by atoms with Crippen molar-refractivity contribution in [3.8, 4) is 22.5 Å². The van der Waals surface area contributed by atoms with Gasteiger partial charge in [-0.3, -0.25) is 0 Å². The summed E-state index contributed by atoms with van der Waals surface area (Å²) in [6, 6.07) is 35.9. The van der Waals surface area contributed by atoms with Gasteiger partial charge in [-0.05, 0) is 64.6 Å². The highest BCUT2D eigenvalue weighted by Gasteiger charge is 2.28. The van der Waals surface area contributed by atoms with Gasteiger partial charge in [-0.1, -0.05) is 118 Å². The van der Waals surface area contributed by atoms with Gasteiger partial charge in [-0.2, -0.15) is 0 Å². The van der Waals surface area contributed by atoms with E-state index < -0.39 is 6.04 Å². The van der Waals surface area contributed by atoms with Crippen molar-refractivity contribution in [2.45, 2.75) is 26.2 Å². The molecule has 0 atom stereocenters. The molecule has 2 heteroatoms. The van der Waals surface area contributed by atoms with Gasteiger partial charge >= 0.3 is 0 Å². The van der Waals surface area contributed by atoms with Gasteiger partial charge < -0.3 is 9.13 Å². The van der Waals surface area contributed by atoms with E-state index in [-0.39, 0.29) is 35.1 Å². The quantitative estimate of drug-likeness (QED) is 0.209. The molecule has 8 aromatic rings. The summed E-state index contributed by atoms with van der Waals surface area (Å²) < 4.78 is 47.8. The summed E-state index contributed by atoms with van der Waals surface area (Å²) in [5.41, 5.74) is 7.71. The molecule has 2 heterocycles. The highest BCUT2D eigenvalue weighted by Crippen LogP contribution is 2.46. The minimum atomic E-state index is -0.397. The largest absolute Gasteiger partial charge is 0.309 e. The lowest BCUT2D eigenvalue weighted by molar-refractivity contribution is 0.593. The molecule has 0 saturated carbocycles. The Hall–Kier alpha value is -5.08. The molecule has 2 aromatic heterocycles. The van der Waals surface area contributed by atoms with Crippen LogP contribution in [0, 0.1) is 0 Å². The number of rotatable bonds is 3. The first-order valence-corrected chi connectivity index (χ1v) is 14.3. The third kappa shape index (κ3) is 3.58. The Bertz CT molecular complexity index is 2470. The average Bonchev–Trinajstić information content (AvgIpc) is 3.59. The number of fused-ring (bicyclic) bond motifs is 6. The predicted octanol–water partition coefficient (Wildman–Crippen LogP) is 10.8. The third-order valence-electron chi connectivity index (χ3n) is 8.29. The standard InChI is InChI=1S/C40H32N2/c1-40(2,3)39-36(42-32-22-12-10-19-30(32)31-20-11-13-23-33(31)42)26-25-35-38(39)37-29(27-15-6-4-7-16-27)21-14-24-34(37)41(35)28-17-8-5-9-18-28/h4-26H,1-3H3/i4D,6D,7D,15D,16D. The van der Waals surface area contributed by atoms with Crippen LogP contribution in [0.1, 0.15) is 33.2 Å². The molecular weight excluding hydrogens is 508 g/mol. The summed E-state index contributed by atoms with van der Waals surface area (Å²) >= 11 is 0. The van der Waals surface area contributed by atoms with Crippen molar-refractivity contribution in [3.05, 3.63) is 145 Å². The number of nitrogens with zero attached hydrogens (tertiary/aromatic N) is 2. The molecule has 8 rings (SSSR count). The molecule has 0 aliphatic carbocycles. The average molecular weight is 546 g/mol. The summed E-state index contributed by atoms with van der Waals surface area (Å²) in [5.74, 6) is 0.